The molecule has 0 heterocycles. The molecule has 0 saturated heterocycles. The molecule has 0 saturated carbocycles. The third-order valence-corrected chi connectivity index (χ3v) is 4.45. The average Bonchev–Trinajstić information content (AvgIpc) is 2.35. The van der Waals surface area contributed by atoms with Gasteiger partial charge in [-0.1, -0.05) is 25.0 Å². The summed E-state index contributed by atoms with van der Waals surface area (Å²) in [7, 11) is -3.58. The van der Waals surface area contributed by atoms with Crippen molar-refractivity contribution in [2.24, 2.45) is 0 Å². The summed E-state index contributed by atoms with van der Waals surface area (Å²) in [5.74, 6) is 2.21. The number of terminal acetylenes is 1. The van der Waals surface area contributed by atoms with E-state index in [9.17, 15) is 13.2 Å². The monoisotopic (exact) mass is 265 g/mol. The van der Waals surface area contributed by atoms with E-state index in [1.165, 1.54) is 35.5 Å². The Morgan fingerprint density at radius 3 is 2.28 bits per heavy atom. The molecule has 1 aromatic carbocycles. The summed E-state index contributed by atoms with van der Waals surface area (Å²) < 4.78 is 25.6. The lowest BCUT2D eigenvalue weighted by molar-refractivity contribution is 0.101. The van der Waals surface area contributed by atoms with Crippen LogP contribution in [-0.4, -0.2) is 31.6 Å². The van der Waals surface area contributed by atoms with E-state index in [4.69, 9.17) is 6.42 Å². The van der Waals surface area contributed by atoms with Crippen molar-refractivity contribution in [3.05, 3.63) is 29.8 Å². The molecule has 0 bridgehead atoms. The summed E-state index contributed by atoms with van der Waals surface area (Å²) in [4.78, 5) is 11.3. The van der Waals surface area contributed by atoms with Crippen LogP contribution >= 0.6 is 0 Å². The summed E-state index contributed by atoms with van der Waals surface area (Å²) in [5.41, 5.74) is 0.481. The number of Topliss-reactive ketones (excluding diaryl/α,β-unsaturated/α-hetero) is 1. The second kappa shape index (κ2) is 5.80. The molecule has 0 amide bonds. The number of carbonyl (C=O) groups is 1. The van der Waals surface area contributed by atoms with Crippen molar-refractivity contribution in [3.63, 3.8) is 0 Å². The predicted octanol–water partition coefficient (Wildman–Crippen LogP) is 1.53. The molecule has 0 fully saturated rings. The van der Waals surface area contributed by atoms with Gasteiger partial charge in [0, 0.05) is 12.1 Å². The Kier molecular flexibility index (Phi) is 4.65. The van der Waals surface area contributed by atoms with E-state index in [2.05, 4.69) is 5.92 Å². The van der Waals surface area contributed by atoms with Crippen molar-refractivity contribution < 1.29 is 13.2 Å². The van der Waals surface area contributed by atoms with Crippen LogP contribution in [-0.2, 0) is 10.0 Å². The van der Waals surface area contributed by atoms with Gasteiger partial charge in [0.05, 0.1) is 11.4 Å². The van der Waals surface area contributed by atoms with Crippen LogP contribution in [0.15, 0.2) is 29.2 Å². The van der Waals surface area contributed by atoms with Gasteiger partial charge in [-0.3, -0.25) is 4.79 Å². The van der Waals surface area contributed by atoms with E-state index in [0.717, 1.165) is 0 Å². The van der Waals surface area contributed by atoms with Crippen LogP contribution in [0.2, 0.25) is 0 Å². The minimum Gasteiger partial charge on any atom is -0.295 e. The van der Waals surface area contributed by atoms with Crippen molar-refractivity contribution in [1.82, 2.24) is 4.31 Å². The fourth-order valence-electron chi connectivity index (χ4n) is 1.48. The number of benzene rings is 1. The molecule has 0 atom stereocenters. The second-order valence-corrected chi connectivity index (χ2v) is 5.65. The molecule has 0 spiro atoms. The highest BCUT2D eigenvalue weighted by Gasteiger charge is 2.22. The lowest BCUT2D eigenvalue weighted by Gasteiger charge is -2.17. The Bertz CT molecular complexity index is 567. The quantitative estimate of drug-likeness (QED) is 0.599. The standard InChI is InChI=1S/C13H15NO3S/c1-4-10-14(5-2)18(16,17)13-8-6-12(7-9-13)11(3)15/h1,6-9H,5,10H2,2-3H3. The molecule has 5 heteroatoms. The second-order valence-electron chi connectivity index (χ2n) is 3.72. The number of nitrogens with zero attached hydrogens (tertiary/aromatic N) is 1. The van der Waals surface area contributed by atoms with E-state index in [0.29, 0.717) is 12.1 Å². The van der Waals surface area contributed by atoms with Gasteiger partial charge in [0.1, 0.15) is 0 Å². The number of ketones is 1. The van der Waals surface area contributed by atoms with Gasteiger partial charge in [-0.15, -0.1) is 6.42 Å². The van der Waals surface area contributed by atoms with E-state index in [1.807, 2.05) is 0 Å². The molecule has 96 valence electrons. The van der Waals surface area contributed by atoms with E-state index >= 15 is 0 Å². The number of carbonyl (C=O) groups excluding carboxylic acids is 1. The highest BCUT2D eigenvalue weighted by atomic mass is 32.2. The van der Waals surface area contributed by atoms with Gasteiger partial charge < -0.3 is 0 Å². The first-order valence-corrected chi connectivity index (χ1v) is 6.92. The van der Waals surface area contributed by atoms with E-state index in [-0.39, 0.29) is 17.2 Å². The molecule has 0 aliphatic heterocycles. The van der Waals surface area contributed by atoms with Crippen LogP contribution in [0.25, 0.3) is 0 Å². The topological polar surface area (TPSA) is 54.5 Å². The first-order chi connectivity index (χ1) is 8.43. The summed E-state index contributed by atoms with van der Waals surface area (Å²) in [5, 5.41) is 0. The first kappa shape index (κ1) is 14.4. The van der Waals surface area contributed by atoms with Crippen molar-refractivity contribution >= 4 is 15.8 Å². The highest BCUT2D eigenvalue weighted by Crippen LogP contribution is 2.16. The van der Waals surface area contributed by atoms with Crippen LogP contribution in [0.5, 0.6) is 0 Å². The summed E-state index contributed by atoms with van der Waals surface area (Å²) in [6.45, 7) is 3.49. The minimum atomic E-state index is -3.58. The van der Waals surface area contributed by atoms with Gasteiger partial charge in [0.25, 0.3) is 0 Å². The summed E-state index contributed by atoms with van der Waals surface area (Å²) in [6, 6.07) is 5.84. The molecule has 0 aromatic heterocycles. The van der Waals surface area contributed by atoms with Crippen LogP contribution in [0.4, 0.5) is 0 Å². The first-order valence-electron chi connectivity index (χ1n) is 5.48. The largest absolute Gasteiger partial charge is 0.295 e. The van der Waals surface area contributed by atoms with Crippen LogP contribution in [0.1, 0.15) is 24.2 Å². The maximum Gasteiger partial charge on any atom is 0.243 e. The molecule has 0 unspecified atom stereocenters. The van der Waals surface area contributed by atoms with Gasteiger partial charge in [-0.05, 0) is 19.1 Å². The van der Waals surface area contributed by atoms with Gasteiger partial charge in [0.15, 0.2) is 5.78 Å². The number of rotatable bonds is 5. The summed E-state index contributed by atoms with van der Waals surface area (Å²) in [6.07, 6.45) is 5.14. The SMILES string of the molecule is C#CCN(CC)S(=O)(=O)c1ccc(C(C)=O)cc1. The zero-order valence-corrected chi connectivity index (χ0v) is 11.2. The van der Waals surface area contributed by atoms with E-state index in [1.54, 1.807) is 6.92 Å². The third-order valence-electron chi connectivity index (χ3n) is 2.52. The molecule has 0 N–H and O–H groups in total. The lowest BCUT2D eigenvalue weighted by atomic mass is 10.2. The number of hydrogen-bond donors (Lipinski definition) is 0. The van der Waals surface area contributed by atoms with Gasteiger partial charge in [0.2, 0.25) is 10.0 Å². The van der Waals surface area contributed by atoms with Crippen molar-refractivity contribution in [3.8, 4) is 12.3 Å². The fourth-order valence-corrected chi connectivity index (χ4v) is 2.84. The Balaban J connectivity index is 3.13. The Labute approximate surface area is 108 Å². The average molecular weight is 265 g/mol. The highest BCUT2D eigenvalue weighted by molar-refractivity contribution is 7.89. The Morgan fingerprint density at radius 2 is 1.89 bits per heavy atom. The minimum absolute atomic E-state index is 0.0350. The molecule has 18 heavy (non-hydrogen) atoms. The predicted molar refractivity (Wildman–Crippen MR) is 69.7 cm³/mol. The normalized spacial score (nSPS) is 11.2. The third kappa shape index (κ3) is 2.97. The molecular weight excluding hydrogens is 250 g/mol. The molecule has 0 aliphatic carbocycles. The molecular formula is C13H15NO3S. The maximum atomic E-state index is 12.2. The molecule has 0 aliphatic rings. The fraction of sp³-hybridized carbons (Fsp3) is 0.308. The zero-order valence-electron chi connectivity index (χ0n) is 10.4. The molecule has 0 radical (unpaired) electrons. The number of sulfonamides is 1. The van der Waals surface area contributed by atoms with Crippen molar-refractivity contribution in [2.75, 3.05) is 13.1 Å². The Morgan fingerprint density at radius 1 is 1.33 bits per heavy atom. The van der Waals surface area contributed by atoms with E-state index < -0.39 is 10.0 Å². The molecule has 1 aromatic rings. The van der Waals surface area contributed by atoms with Crippen LogP contribution in [0.3, 0.4) is 0 Å². The smallest absolute Gasteiger partial charge is 0.243 e. The van der Waals surface area contributed by atoms with Crippen molar-refractivity contribution in [1.29, 1.82) is 0 Å². The van der Waals surface area contributed by atoms with Crippen LogP contribution < -0.4 is 0 Å². The maximum absolute atomic E-state index is 12.2. The molecule has 1 rings (SSSR count). The van der Waals surface area contributed by atoms with Gasteiger partial charge in [-0.25, -0.2) is 8.42 Å². The zero-order chi connectivity index (χ0) is 13.8. The van der Waals surface area contributed by atoms with Gasteiger partial charge in [-0.2, -0.15) is 4.31 Å². The Hall–Kier alpha value is -1.64. The molecule has 4 nitrogen and oxygen atoms in total. The van der Waals surface area contributed by atoms with Gasteiger partial charge >= 0.3 is 0 Å². The summed E-state index contributed by atoms with van der Waals surface area (Å²) >= 11 is 0. The van der Waals surface area contributed by atoms with Crippen molar-refractivity contribution in [2.45, 2.75) is 18.7 Å². The number of hydrogen-bond acceptors (Lipinski definition) is 3. The van der Waals surface area contributed by atoms with Crippen LogP contribution in [0, 0.1) is 12.3 Å². The lowest BCUT2D eigenvalue weighted by Crippen LogP contribution is -2.31.